The van der Waals surface area contributed by atoms with Gasteiger partial charge >= 0.3 is 0 Å². The molecule has 27 heavy (non-hydrogen) atoms. The summed E-state index contributed by atoms with van der Waals surface area (Å²) in [4.78, 5) is 8.88. The molecular weight excluding hydrogens is 424 g/mol. The second-order valence-corrected chi connectivity index (χ2v) is 9.73. The maximum atomic E-state index is 12.0. The van der Waals surface area contributed by atoms with Crippen LogP contribution in [0.4, 0.5) is 5.00 Å². The second kappa shape index (κ2) is 10.1. The van der Waals surface area contributed by atoms with Crippen LogP contribution in [0.1, 0.15) is 24.3 Å². The lowest BCUT2D eigenvalue weighted by molar-refractivity contribution is 0.576. The average molecular weight is 445 g/mol. The van der Waals surface area contributed by atoms with Crippen molar-refractivity contribution >= 4 is 50.1 Å². The second-order valence-electron chi connectivity index (χ2n) is 5.68. The highest BCUT2D eigenvalue weighted by Gasteiger charge is 2.14. The molecule has 0 unspecified atom stereocenters. The Labute approximate surface area is 173 Å². The number of nitrogen functional groups attached to an aromatic ring is 1. The lowest BCUT2D eigenvalue weighted by Crippen LogP contribution is -2.23. The van der Waals surface area contributed by atoms with Crippen molar-refractivity contribution in [3.63, 3.8) is 0 Å². The minimum Gasteiger partial charge on any atom is -0.389 e. The molecule has 0 aliphatic rings. The van der Waals surface area contributed by atoms with E-state index in [-0.39, 0.29) is 12.4 Å². The number of anilines is 1. The summed E-state index contributed by atoms with van der Waals surface area (Å²) in [6, 6.07) is 9.02. The molecule has 10 heteroatoms. The highest BCUT2D eigenvalue weighted by molar-refractivity contribution is 7.91. The third-order valence-electron chi connectivity index (χ3n) is 3.72. The molecule has 3 N–H and O–H groups in total. The predicted molar refractivity (Wildman–Crippen MR) is 114 cm³/mol. The van der Waals surface area contributed by atoms with Gasteiger partial charge in [0.15, 0.2) is 0 Å². The number of nitrogens with one attached hydrogen (secondary N) is 1. The summed E-state index contributed by atoms with van der Waals surface area (Å²) in [5.74, 6) is 0. The number of aromatic nitrogens is 2. The molecule has 146 valence electrons. The van der Waals surface area contributed by atoms with Crippen LogP contribution < -0.4 is 10.5 Å². The first-order chi connectivity index (χ1) is 12.6. The molecule has 3 aromatic heterocycles. The van der Waals surface area contributed by atoms with Gasteiger partial charge in [0.2, 0.25) is 10.0 Å². The molecule has 0 amide bonds. The van der Waals surface area contributed by atoms with Gasteiger partial charge in [0.1, 0.15) is 14.9 Å². The fourth-order valence-electron chi connectivity index (χ4n) is 2.44. The molecule has 0 atom stereocenters. The first kappa shape index (κ1) is 21.8. The van der Waals surface area contributed by atoms with E-state index in [9.17, 15) is 8.42 Å². The summed E-state index contributed by atoms with van der Waals surface area (Å²) >= 11 is 2.71. The number of unbranched alkanes of at least 4 members (excludes halogenated alkanes) is 2. The Morgan fingerprint density at radius 1 is 1.11 bits per heavy atom. The Morgan fingerprint density at radius 3 is 2.67 bits per heavy atom. The number of nitrogens with zero attached hydrogens (tertiary/aromatic N) is 2. The van der Waals surface area contributed by atoms with Crippen LogP contribution in [-0.2, 0) is 16.4 Å². The smallest absolute Gasteiger partial charge is 0.250 e. The molecule has 0 saturated carbocycles. The highest BCUT2D eigenvalue weighted by Crippen LogP contribution is 2.29. The minimum absolute atomic E-state index is 0. The van der Waals surface area contributed by atoms with Crippen LogP contribution >= 0.6 is 35.1 Å². The first-order valence-electron chi connectivity index (χ1n) is 8.26. The number of thiophene rings is 1. The predicted octanol–water partition coefficient (Wildman–Crippen LogP) is 3.96. The zero-order chi connectivity index (χ0) is 18.4. The largest absolute Gasteiger partial charge is 0.389 e. The van der Waals surface area contributed by atoms with Crippen LogP contribution in [0.2, 0.25) is 0 Å². The topological polar surface area (TPSA) is 98.0 Å². The molecule has 6 nitrogen and oxygen atoms in total. The third-order valence-corrected chi connectivity index (χ3v) is 7.53. The van der Waals surface area contributed by atoms with Gasteiger partial charge in [-0.2, -0.15) is 0 Å². The Morgan fingerprint density at radius 2 is 1.96 bits per heavy atom. The van der Waals surface area contributed by atoms with Crippen molar-refractivity contribution in [2.75, 3.05) is 12.3 Å². The monoisotopic (exact) mass is 444 g/mol. The number of halogens is 1. The number of sulfonamides is 1. The fourth-order valence-corrected chi connectivity index (χ4v) is 5.44. The van der Waals surface area contributed by atoms with E-state index in [0.29, 0.717) is 15.8 Å². The van der Waals surface area contributed by atoms with E-state index >= 15 is 0 Å². The van der Waals surface area contributed by atoms with Crippen LogP contribution in [-0.4, -0.2) is 24.9 Å². The van der Waals surface area contributed by atoms with Gasteiger partial charge in [-0.05, 0) is 42.8 Å². The van der Waals surface area contributed by atoms with E-state index in [1.165, 1.54) is 22.7 Å². The van der Waals surface area contributed by atoms with Crippen molar-refractivity contribution < 1.29 is 8.42 Å². The van der Waals surface area contributed by atoms with Crippen LogP contribution in [0.15, 0.2) is 46.1 Å². The molecular formula is C17H21ClN4O2S3. The number of aryl methyl sites for hydroxylation is 1. The standard InChI is InChI=1S/C17H20N4O2S3.ClH/c18-17-16(13-7-3-5-10-19-13)21-14(25-17)8-2-1-4-11-20-26(22,23)15-9-6-12-24-15;/h3,5-7,9-10,12,20H,1-2,4,8,11,18H2;1H. The summed E-state index contributed by atoms with van der Waals surface area (Å²) in [6.07, 6.45) is 5.21. The van der Waals surface area contributed by atoms with Crippen molar-refractivity contribution in [2.45, 2.75) is 29.9 Å². The third kappa shape index (κ3) is 5.98. The van der Waals surface area contributed by atoms with E-state index in [0.717, 1.165) is 42.1 Å². The van der Waals surface area contributed by atoms with Gasteiger partial charge in [-0.25, -0.2) is 18.1 Å². The minimum atomic E-state index is -3.35. The summed E-state index contributed by atoms with van der Waals surface area (Å²) < 4.78 is 27.0. The first-order valence-corrected chi connectivity index (χ1v) is 11.4. The van der Waals surface area contributed by atoms with Crippen molar-refractivity contribution in [3.05, 3.63) is 46.9 Å². The van der Waals surface area contributed by atoms with E-state index in [1.54, 1.807) is 23.7 Å². The zero-order valence-corrected chi connectivity index (χ0v) is 17.8. The number of thiazole rings is 1. The molecule has 3 rings (SSSR count). The van der Waals surface area contributed by atoms with E-state index in [4.69, 9.17) is 5.73 Å². The van der Waals surface area contributed by atoms with Crippen molar-refractivity contribution in [3.8, 4) is 11.4 Å². The quantitative estimate of drug-likeness (QED) is 0.486. The molecule has 3 aromatic rings. The van der Waals surface area contributed by atoms with E-state index in [2.05, 4.69) is 14.7 Å². The number of hydrogen-bond donors (Lipinski definition) is 2. The Hall–Kier alpha value is -1.52. The lowest BCUT2D eigenvalue weighted by Gasteiger charge is -2.04. The van der Waals surface area contributed by atoms with Gasteiger partial charge in [-0.1, -0.05) is 18.6 Å². The van der Waals surface area contributed by atoms with Crippen molar-refractivity contribution in [1.29, 1.82) is 0 Å². The zero-order valence-electron chi connectivity index (χ0n) is 14.5. The van der Waals surface area contributed by atoms with Crippen molar-refractivity contribution in [2.24, 2.45) is 0 Å². The molecule has 0 aliphatic heterocycles. The molecule has 3 heterocycles. The van der Waals surface area contributed by atoms with Gasteiger partial charge in [0, 0.05) is 12.7 Å². The normalized spacial score (nSPS) is 11.3. The van der Waals surface area contributed by atoms with Gasteiger partial charge in [0.05, 0.1) is 10.7 Å². The summed E-state index contributed by atoms with van der Waals surface area (Å²) in [6.45, 7) is 0.444. The molecule has 0 bridgehead atoms. The van der Waals surface area contributed by atoms with Crippen molar-refractivity contribution in [1.82, 2.24) is 14.7 Å². The molecule has 0 radical (unpaired) electrons. The average Bonchev–Trinajstić information content (AvgIpc) is 3.29. The number of pyridine rings is 1. The fraction of sp³-hybridized carbons (Fsp3) is 0.294. The van der Waals surface area contributed by atoms with E-state index in [1.807, 2.05) is 18.2 Å². The number of nitrogens with two attached hydrogens (primary N) is 1. The summed E-state index contributed by atoms with van der Waals surface area (Å²) in [5, 5.41) is 3.43. The molecule has 0 saturated heterocycles. The van der Waals surface area contributed by atoms with Crippen LogP contribution in [0.3, 0.4) is 0 Å². The van der Waals surface area contributed by atoms with Gasteiger partial charge < -0.3 is 5.73 Å². The molecule has 0 aliphatic carbocycles. The Bertz CT molecular complexity index is 929. The maximum absolute atomic E-state index is 12.0. The van der Waals surface area contributed by atoms with Gasteiger partial charge in [-0.15, -0.1) is 35.1 Å². The van der Waals surface area contributed by atoms with E-state index < -0.39 is 10.0 Å². The van der Waals surface area contributed by atoms with Crippen LogP contribution in [0.5, 0.6) is 0 Å². The SMILES string of the molecule is Cl.Nc1sc(CCCCCNS(=O)(=O)c2cccs2)nc1-c1ccccn1. The van der Waals surface area contributed by atoms with Gasteiger partial charge in [0.25, 0.3) is 0 Å². The van der Waals surface area contributed by atoms with Crippen LogP contribution in [0, 0.1) is 0 Å². The van der Waals surface area contributed by atoms with Crippen LogP contribution in [0.25, 0.3) is 11.4 Å². The molecule has 0 spiro atoms. The molecule has 0 fully saturated rings. The molecule has 0 aromatic carbocycles. The maximum Gasteiger partial charge on any atom is 0.250 e. The number of rotatable bonds is 9. The number of hydrogen-bond acceptors (Lipinski definition) is 7. The van der Waals surface area contributed by atoms with Gasteiger partial charge in [-0.3, -0.25) is 4.98 Å². The lowest BCUT2D eigenvalue weighted by atomic mass is 10.2. The highest BCUT2D eigenvalue weighted by atomic mass is 35.5. The summed E-state index contributed by atoms with van der Waals surface area (Å²) in [7, 11) is -3.35. The Kier molecular flexibility index (Phi) is 8.18. The summed E-state index contributed by atoms with van der Waals surface area (Å²) in [5.41, 5.74) is 7.59. The Balaban J connectivity index is 0.00000261.